The zero-order valence-corrected chi connectivity index (χ0v) is 19.5. The van der Waals surface area contributed by atoms with E-state index in [2.05, 4.69) is 36.5 Å². The molecule has 1 heterocycles. The van der Waals surface area contributed by atoms with Gasteiger partial charge in [0.1, 0.15) is 5.60 Å². The number of thiazole rings is 1. The summed E-state index contributed by atoms with van der Waals surface area (Å²) in [4.78, 5) is 16.6. The van der Waals surface area contributed by atoms with Gasteiger partial charge in [-0.3, -0.25) is 0 Å². The van der Waals surface area contributed by atoms with E-state index in [-0.39, 0.29) is 12.1 Å². The molecular weight excluding hydrogens is 400 g/mol. The first-order chi connectivity index (χ1) is 13.8. The second kappa shape index (κ2) is 9.98. The summed E-state index contributed by atoms with van der Waals surface area (Å²) in [5.41, 5.74) is 2.08. The summed E-state index contributed by atoms with van der Waals surface area (Å²) < 4.78 is 7.77. The molecule has 1 aliphatic carbocycles. The molecule has 0 bridgehead atoms. The normalized spacial score (nSPS) is 20.6. The van der Waals surface area contributed by atoms with Crippen LogP contribution in [-0.2, 0) is 4.74 Å². The van der Waals surface area contributed by atoms with Crippen LogP contribution >= 0.6 is 23.1 Å². The Bertz CT molecular complexity index is 813. The minimum atomic E-state index is -0.438. The summed E-state index contributed by atoms with van der Waals surface area (Å²) in [6, 6.07) is 8.57. The molecule has 1 aromatic carbocycles. The number of para-hydroxylation sites is 1. The molecule has 4 nitrogen and oxygen atoms in total. The Morgan fingerprint density at radius 2 is 2.00 bits per heavy atom. The highest BCUT2D eigenvalue weighted by molar-refractivity contribution is 8.01. The third-order valence-electron chi connectivity index (χ3n) is 5.06. The molecule has 0 aliphatic heterocycles. The van der Waals surface area contributed by atoms with Gasteiger partial charge in [-0.05, 0) is 77.8 Å². The third kappa shape index (κ3) is 7.34. The van der Waals surface area contributed by atoms with E-state index in [0.717, 1.165) is 47.7 Å². The minimum absolute atomic E-state index is 0.251. The Kier molecular flexibility index (Phi) is 7.63. The number of rotatable bonds is 6. The quantitative estimate of drug-likeness (QED) is 0.402. The van der Waals surface area contributed by atoms with Gasteiger partial charge in [-0.25, -0.2) is 9.78 Å². The van der Waals surface area contributed by atoms with Gasteiger partial charge in [-0.15, -0.1) is 11.3 Å². The number of nitrogens with one attached hydrogen (secondary N) is 1. The van der Waals surface area contributed by atoms with Crippen LogP contribution in [0.25, 0.3) is 10.2 Å². The molecule has 1 aromatic heterocycles. The van der Waals surface area contributed by atoms with Gasteiger partial charge < -0.3 is 10.1 Å². The number of ether oxygens (including phenoxy) is 1. The van der Waals surface area contributed by atoms with Crippen LogP contribution < -0.4 is 5.32 Å². The number of thioether (sulfide) groups is 1. The minimum Gasteiger partial charge on any atom is -0.444 e. The first kappa shape index (κ1) is 22.2. The van der Waals surface area contributed by atoms with E-state index in [1.54, 1.807) is 11.3 Å². The number of aromatic nitrogens is 1. The van der Waals surface area contributed by atoms with Crippen molar-refractivity contribution in [3.63, 3.8) is 0 Å². The van der Waals surface area contributed by atoms with Crippen molar-refractivity contribution in [1.82, 2.24) is 10.3 Å². The average Bonchev–Trinajstić information content (AvgIpc) is 3.07. The molecule has 0 spiro atoms. The van der Waals surface area contributed by atoms with Gasteiger partial charge in [0.25, 0.3) is 0 Å². The van der Waals surface area contributed by atoms with E-state index >= 15 is 0 Å². The highest BCUT2D eigenvalue weighted by Gasteiger charge is 2.24. The molecule has 6 heteroatoms. The molecule has 0 saturated heterocycles. The lowest BCUT2D eigenvalue weighted by atomic mass is 9.84. The van der Waals surface area contributed by atoms with Crippen LogP contribution in [0.4, 0.5) is 4.79 Å². The van der Waals surface area contributed by atoms with Crippen LogP contribution in [0.15, 0.2) is 40.3 Å². The van der Waals surface area contributed by atoms with Crippen molar-refractivity contribution in [3.8, 4) is 0 Å². The first-order valence-corrected chi connectivity index (χ1v) is 12.2. The van der Waals surface area contributed by atoms with E-state index in [1.807, 2.05) is 38.6 Å². The van der Waals surface area contributed by atoms with Crippen LogP contribution in [0.5, 0.6) is 0 Å². The monoisotopic (exact) mass is 432 g/mol. The van der Waals surface area contributed by atoms with Gasteiger partial charge in [-0.1, -0.05) is 35.5 Å². The molecular formula is C23H32N2O2S2. The fraction of sp³-hybridized carbons (Fsp3) is 0.565. The maximum atomic E-state index is 11.9. The summed E-state index contributed by atoms with van der Waals surface area (Å²) in [5, 5.41) is 3.02. The largest absolute Gasteiger partial charge is 0.444 e. The standard InChI is InChI=1S/C23H32N2O2S2/c1-16(15-28-22-25-19-7-5-6-8-20(19)29-22)9-10-17-11-13-18(14-12-17)24-21(26)27-23(2,3)4/h5-9,17-18H,10-15H2,1-4H3,(H,24,26)/b16-9+/t17-,18+. The lowest BCUT2D eigenvalue weighted by Gasteiger charge is -2.29. The molecule has 1 saturated carbocycles. The van der Waals surface area contributed by atoms with Crippen molar-refractivity contribution < 1.29 is 9.53 Å². The van der Waals surface area contributed by atoms with E-state index in [1.165, 1.54) is 10.3 Å². The smallest absolute Gasteiger partial charge is 0.407 e. The molecule has 0 unspecified atom stereocenters. The number of hydrogen-bond donors (Lipinski definition) is 1. The van der Waals surface area contributed by atoms with Gasteiger partial charge in [0, 0.05) is 11.8 Å². The Balaban J connectivity index is 1.37. The molecule has 0 radical (unpaired) electrons. The molecule has 29 heavy (non-hydrogen) atoms. The zero-order chi connectivity index (χ0) is 20.9. The number of fused-ring (bicyclic) bond motifs is 1. The Hall–Kier alpha value is -1.53. The second-order valence-corrected chi connectivity index (χ2v) is 11.1. The number of hydrogen-bond acceptors (Lipinski definition) is 5. The molecule has 1 N–H and O–H groups in total. The fourth-order valence-electron chi connectivity index (χ4n) is 3.53. The SMILES string of the molecule is C/C(=C\C[C@H]1CC[C@@H](NC(=O)OC(C)(C)C)CC1)CSc1nc2ccccc2s1. The zero-order valence-electron chi connectivity index (χ0n) is 17.9. The average molecular weight is 433 g/mol. The summed E-state index contributed by atoms with van der Waals surface area (Å²) in [6.45, 7) is 7.91. The predicted molar refractivity (Wildman–Crippen MR) is 124 cm³/mol. The van der Waals surface area contributed by atoms with Gasteiger partial charge in [0.2, 0.25) is 0 Å². The van der Waals surface area contributed by atoms with Crippen LogP contribution in [0.2, 0.25) is 0 Å². The van der Waals surface area contributed by atoms with Crippen LogP contribution in [-0.4, -0.2) is 28.5 Å². The number of carbonyl (C=O) groups is 1. The van der Waals surface area contributed by atoms with Crippen molar-refractivity contribution in [1.29, 1.82) is 0 Å². The molecule has 3 rings (SSSR count). The van der Waals surface area contributed by atoms with Crippen molar-refractivity contribution >= 4 is 39.4 Å². The first-order valence-electron chi connectivity index (χ1n) is 10.4. The Labute approximate surface area is 182 Å². The molecule has 0 atom stereocenters. The Morgan fingerprint density at radius 3 is 2.69 bits per heavy atom. The number of amides is 1. The molecule has 2 aromatic rings. The molecule has 1 fully saturated rings. The van der Waals surface area contributed by atoms with Crippen LogP contribution in [0.3, 0.4) is 0 Å². The summed E-state index contributed by atoms with van der Waals surface area (Å²) >= 11 is 3.60. The van der Waals surface area contributed by atoms with Crippen LogP contribution in [0, 0.1) is 5.92 Å². The number of nitrogens with zero attached hydrogens (tertiary/aromatic N) is 1. The lowest BCUT2D eigenvalue weighted by molar-refractivity contribution is 0.0487. The van der Waals surface area contributed by atoms with Crippen molar-refractivity contribution in [2.75, 3.05) is 5.75 Å². The maximum absolute atomic E-state index is 11.9. The molecule has 1 aliphatic rings. The van der Waals surface area contributed by atoms with Gasteiger partial charge in [0.05, 0.1) is 10.2 Å². The maximum Gasteiger partial charge on any atom is 0.407 e. The highest BCUT2D eigenvalue weighted by Crippen LogP contribution is 2.31. The number of benzene rings is 1. The van der Waals surface area contributed by atoms with Crippen LogP contribution in [0.1, 0.15) is 59.8 Å². The molecule has 158 valence electrons. The van der Waals surface area contributed by atoms with E-state index in [0.29, 0.717) is 5.92 Å². The van der Waals surface area contributed by atoms with Crippen molar-refractivity contribution in [3.05, 3.63) is 35.9 Å². The second-order valence-electron chi connectivity index (χ2n) is 8.89. The fourth-order valence-corrected chi connectivity index (χ4v) is 5.54. The number of allylic oxidation sites excluding steroid dienone is 1. The number of carbonyl (C=O) groups excluding carboxylic acids is 1. The van der Waals surface area contributed by atoms with Crippen molar-refractivity contribution in [2.45, 2.75) is 75.8 Å². The third-order valence-corrected chi connectivity index (χ3v) is 7.44. The highest BCUT2D eigenvalue weighted by atomic mass is 32.2. The summed E-state index contributed by atoms with van der Waals surface area (Å²) in [5.74, 6) is 1.71. The van der Waals surface area contributed by atoms with Gasteiger partial charge in [0.15, 0.2) is 4.34 Å². The van der Waals surface area contributed by atoms with Gasteiger partial charge in [-0.2, -0.15) is 0 Å². The van der Waals surface area contributed by atoms with E-state index < -0.39 is 5.60 Å². The Morgan fingerprint density at radius 1 is 1.28 bits per heavy atom. The summed E-state index contributed by atoms with van der Waals surface area (Å²) in [6.07, 6.45) is 7.64. The summed E-state index contributed by atoms with van der Waals surface area (Å²) in [7, 11) is 0. The lowest BCUT2D eigenvalue weighted by Crippen LogP contribution is -2.40. The topological polar surface area (TPSA) is 51.2 Å². The number of alkyl carbamates (subject to hydrolysis) is 1. The predicted octanol–water partition coefficient (Wildman–Crippen LogP) is 6.81. The van der Waals surface area contributed by atoms with Gasteiger partial charge >= 0.3 is 6.09 Å². The molecule has 1 amide bonds. The van der Waals surface area contributed by atoms with E-state index in [4.69, 9.17) is 9.72 Å². The van der Waals surface area contributed by atoms with E-state index in [9.17, 15) is 4.79 Å². The van der Waals surface area contributed by atoms with Crippen molar-refractivity contribution in [2.24, 2.45) is 5.92 Å².